The van der Waals surface area contributed by atoms with Crippen LogP contribution in [0.2, 0.25) is 0 Å². The summed E-state index contributed by atoms with van der Waals surface area (Å²) in [5, 5.41) is 52.3. The Morgan fingerprint density at radius 3 is 1.41 bits per heavy atom. The van der Waals surface area contributed by atoms with Gasteiger partial charge in [-0.05, 0) is 35.9 Å². The summed E-state index contributed by atoms with van der Waals surface area (Å²) in [6, 6.07) is 18.0. The maximum atomic E-state index is 13.2. The molecule has 5 aromatic rings. The second-order valence-electron chi connectivity index (χ2n) is 8.83. The smallest absolute Gasteiger partial charge is 0.871 e. The summed E-state index contributed by atoms with van der Waals surface area (Å²) in [5.41, 5.74) is -1.06. The van der Waals surface area contributed by atoms with E-state index in [4.69, 9.17) is 0 Å². The van der Waals surface area contributed by atoms with Gasteiger partial charge in [0, 0.05) is 21.5 Å². The second kappa shape index (κ2) is 14.1. The van der Waals surface area contributed by atoms with E-state index in [-0.39, 0.29) is 108 Å². The predicted octanol–water partition coefficient (Wildman–Crippen LogP) is -1.04. The van der Waals surface area contributed by atoms with Crippen molar-refractivity contribution in [1.82, 2.24) is 0 Å². The summed E-state index contributed by atoms with van der Waals surface area (Å²) >= 11 is 0. The molecule has 0 aliphatic carbocycles. The van der Waals surface area contributed by atoms with Gasteiger partial charge in [-0.3, -0.25) is 9.11 Å². The van der Waals surface area contributed by atoms with Gasteiger partial charge in [0.2, 0.25) is 0 Å². The third-order valence-electron chi connectivity index (χ3n) is 6.24. The van der Waals surface area contributed by atoms with Crippen molar-refractivity contribution in [3.8, 4) is 11.5 Å². The van der Waals surface area contributed by atoms with Crippen molar-refractivity contribution in [3.63, 3.8) is 0 Å². The number of hydrogen-bond acceptors (Lipinski definition) is 11. The molecular formula is C27H18N4Na2O9S2. The molecule has 3 N–H and O–H groups in total. The van der Waals surface area contributed by atoms with Crippen LogP contribution in [0.15, 0.2) is 109 Å². The molecule has 0 fully saturated rings. The summed E-state index contributed by atoms with van der Waals surface area (Å²) in [6.45, 7) is -0.762. The van der Waals surface area contributed by atoms with Crippen molar-refractivity contribution >= 4 is 64.5 Å². The fourth-order valence-corrected chi connectivity index (χ4v) is 5.69. The molecule has 0 saturated heterocycles. The van der Waals surface area contributed by atoms with Gasteiger partial charge in [-0.25, -0.2) is 0 Å². The zero-order valence-corrected chi connectivity index (χ0v) is 28.7. The van der Waals surface area contributed by atoms with Crippen LogP contribution >= 0.6 is 0 Å². The quantitative estimate of drug-likeness (QED) is 0.111. The topological polar surface area (TPSA) is 225 Å². The van der Waals surface area contributed by atoms with Gasteiger partial charge in [0.15, 0.2) is 0 Å². The Labute approximate surface area is 295 Å². The largest absolute Gasteiger partial charge is 1.00 e. The second-order valence-corrected chi connectivity index (χ2v) is 11.6. The number of aliphatic hydroxyl groups excluding tert-OH is 1. The van der Waals surface area contributed by atoms with E-state index in [1.807, 2.05) is 0 Å². The minimum atomic E-state index is -4.56. The van der Waals surface area contributed by atoms with Crippen LogP contribution in [-0.2, 0) is 26.8 Å². The molecular weight excluding hydrogens is 634 g/mol. The maximum absolute atomic E-state index is 13.2. The molecule has 13 nitrogen and oxygen atoms in total. The average molecular weight is 653 g/mol. The number of nitrogens with zero attached hydrogens (tertiary/aromatic N) is 4. The SMILES string of the molecule is O=S(=O)(O)c1ccc(N=Nc2cc(CO)c([O-])c(N=Nc3ccc(S(=O)(=O)O)c4ccccc34)c2[O-])c2ccccc12.[Na+].[Na+]. The molecule has 5 aromatic carbocycles. The number of benzene rings is 5. The molecule has 17 heteroatoms. The third kappa shape index (κ3) is 7.19. The summed E-state index contributed by atoms with van der Waals surface area (Å²) in [7, 11) is -9.10. The van der Waals surface area contributed by atoms with Crippen molar-refractivity contribution in [2.45, 2.75) is 16.4 Å². The van der Waals surface area contributed by atoms with Crippen LogP contribution in [0, 0.1) is 0 Å². The zero-order chi connectivity index (χ0) is 30.2. The molecule has 214 valence electrons. The molecule has 0 saturated carbocycles. The first-order chi connectivity index (χ1) is 19.9. The average Bonchev–Trinajstić information content (AvgIpc) is 2.95. The third-order valence-corrected chi connectivity index (χ3v) is 8.06. The standard InChI is InChI=1S/C27H20N4O9S2.2Na/c32-14-15-13-22(30-28-20-9-11-23(41(35,36)37)18-7-3-1-5-16(18)20)27(34)25(26(15)33)31-29-21-10-12-24(42(38,39)40)19-8-4-2-6-17(19)21;;/h1-13,32-34H,14H2,(H,35,36,37)(H,38,39,40);;/q;2*+1/p-2. The van der Waals surface area contributed by atoms with Crippen LogP contribution in [0.4, 0.5) is 22.7 Å². The number of aliphatic hydroxyl groups is 1. The summed E-state index contributed by atoms with van der Waals surface area (Å²) < 4.78 is 66.2. The summed E-state index contributed by atoms with van der Waals surface area (Å²) in [4.78, 5) is -0.715. The first-order valence-corrected chi connectivity index (χ1v) is 14.7. The van der Waals surface area contributed by atoms with Gasteiger partial charge in [-0.2, -0.15) is 27.1 Å². The van der Waals surface area contributed by atoms with Gasteiger partial charge >= 0.3 is 59.1 Å². The van der Waals surface area contributed by atoms with Crippen molar-refractivity contribution in [1.29, 1.82) is 0 Å². The van der Waals surface area contributed by atoms with Gasteiger partial charge < -0.3 is 15.3 Å². The minimum absolute atomic E-state index is 0. The van der Waals surface area contributed by atoms with E-state index in [0.29, 0.717) is 5.39 Å². The van der Waals surface area contributed by atoms with E-state index < -0.39 is 44.0 Å². The summed E-state index contributed by atoms with van der Waals surface area (Å²) in [6.07, 6.45) is 0. The van der Waals surface area contributed by atoms with Crippen LogP contribution in [0.1, 0.15) is 5.56 Å². The van der Waals surface area contributed by atoms with Gasteiger partial charge in [0.25, 0.3) is 20.2 Å². The molecule has 0 heterocycles. The van der Waals surface area contributed by atoms with Crippen LogP contribution in [0.25, 0.3) is 21.5 Å². The number of fused-ring (bicyclic) bond motifs is 2. The van der Waals surface area contributed by atoms with E-state index in [0.717, 1.165) is 18.2 Å². The first-order valence-electron chi connectivity index (χ1n) is 11.9. The molecule has 5 rings (SSSR count). The monoisotopic (exact) mass is 652 g/mol. The van der Waals surface area contributed by atoms with Gasteiger partial charge in [0.05, 0.1) is 29.4 Å². The van der Waals surface area contributed by atoms with Crippen LogP contribution in [0.5, 0.6) is 11.5 Å². The minimum Gasteiger partial charge on any atom is -0.871 e. The molecule has 0 aliphatic rings. The van der Waals surface area contributed by atoms with Gasteiger partial charge in [-0.1, -0.05) is 60.0 Å². The van der Waals surface area contributed by atoms with Crippen molar-refractivity contribution in [2.24, 2.45) is 20.5 Å². The maximum Gasteiger partial charge on any atom is 1.00 e. The van der Waals surface area contributed by atoms with Crippen molar-refractivity contribution in [2.75, 3.05) is 0 Å². The fourth-order valence-electron chi connectivity index (χ4n) is 4.30. The molecule has 0 atom stereocenters. The molecule has 0 amide bonds. The number of rotatable bonds is 7. The van der Waals surface area contributed by atoms with E-state index in [1.54, 1.807) is 24.3 Å². The van der Waals surface area contributed by atoms with Crippen LogP contribution in [0.3, 0.4) is 0 Å². The Kier molecular flexibility index (Phi) is 11.4. The molecule has 0 unspecified atom stereocenters. The molecule has 0 radical (unpaired) electrons. The van der Waals surface area contributed by atoms with Crippen molar-refractivity contribution < 1.29 is 100 Å². The Hall–Kier alpha value is -2.80. The Bertz CT molecular complexity index is 2180. The Balaban J connectivity index is 0.00000264. The van der Waals surface area contributed by atoms with E-state index in [2.05, 4.69) is 20.5 Å². The molecule has 44 heavy (non-hydrogen) atoms. The molecule has 0 aliphatic heterocycles. The van der Waals surface area contributed by atoms with Gasteiger partial charge in [-0.15, -0.1) is 10.2 Å². The normalized spacial score (nSPS) is 12.1. The first kappa shape index (κ1) is 35.7. The van der Waals surface area contributed by atoms with E-state index in [1.165, 1.54) is 36.4 Å². The van der Waals surface area contributed by atoms with E-state index >= 15 is 0 Å². The predicted molar refractivity (Wildman–Crippen MR) is 147 cm³/mol. The van der Waals surface area contributed by atoms with Crippen LogP contribution in [-0.4, -0.2) is 31.0 Å². The van der Waals surface area contributed by atoms with Crippen LogP contribution < -0.4 is 69.3 Å². The Morgan fingerprint density at radius 2 is 0.977 bits per heavy atom. The fraction of sp³-hybridized carbons (Fsp3) is 0.0370. The van der Waals surface area contributed by atoms with Crippen molar-refractivity contribution in [3.05, 3.63) is 84.4 Å². The number of hydrogen-bond donors (Lipinski definition) is 3. The van der Waals surface area contributed by atoms with E-state index in [9.17, 15) is 41.3 Å². The molecule has 0 aromatic heterocycles. The van der Waals surface area contributed by atoms with Gasteiger partial charge in [0.1, 0.15) is 9.79 Å². The zero-order valence-electron chi connectivity index (χ0n) is 23.1. The molecule has 0 bridgehead atoms. The Morgan fingerprint density at radius 1 is 0.568 bits per heavy atom. The molecule has 0 spiro atoms. The number of azo groups is 2. The summed E-state index contributed by atoms with van der Waals surface area (Å²) in [5.74, 6) is -1.88.